The van der Waals surface area contributed by atoms with Gasteiger partial charge in [-0.05, 0) is 30.9 Å². The molecule has 0 radical (unpaired) electrons. The molecule has 0 spiro atoms. The van der Waals surface area contributed by atoms with E-state index in [1.54, 1.807) is 24.2 Å². The minimum atomic E-state index is 0.154. The Hall–Kier alpha value is -1.58. The Bertz CT molecular complexity index is 398. The second-order valence-electron chi connectivity index (χ2n) is 5.08. The van der Waals surface area contributed by atoms with Gasteiger partial charge in [0.05, 0.1) is 11.9 Å². The molecule has 0 atom stereocenters. The second kappa shape index (κ2) is 5.85. The maximum absolute atomic E-state index is 12.0. The van der Waals surface area contributed by atoms with Crippen LogP contribution < -0.4 is 10.6 Å². The third kappa shape index (κ3) is 3.22. The van der Waals surface area contributed by atoms with Gasteiger partial charge >= 0.3 is 0 Å². The Kier molecular flexibility index (Phi) is 4.18. The lowest BCUT2D eigenvalue weighted by atomic mass is 9.82. The molecule has 4 nitrogen and oxygen atoms in total. The fourth-order valence-corrected chi connectivity index (χ4v) is 2.23. The quantitative estimate of drug-likeness (QED) is 0.870. The van der Waals surface area contributed by atoms with Crippen molar-refractivity contribution in [2.75, 3.05) is 17.7 Å². The number of anilines is 2. The van der Waals surface area contributed by atoms with Crippen LogP contribution in [0, 0.1) is 5.92 Å². The first kappa shape index (κ1) is 12.9. The van der Waals surface area contributed by atoms with E-state index >= 15 is 0 Å². The molecule has 1 aliphatic rings. The van der Waals surface area contributed by atoms with E-state index in [0.717, 1.165) is 18.0 Å². The van der Waals surface area contributed by atoms with Crippen molar-refractivity contribution in [2.45, 2.75) is 38.5 Å². The van der Waals surface area contributed by atoms with Crippen LogP contribution in [0.15, 0.2) is 18.3 Å². The molecular formula is C14H21N3O. The number of nitrogens with zero attached hydrogens (tertiary/aromatic N) is 2. The molecule has 0 saturated heterocycles. The zero-order chi connectivity index (χ0) is 13.0. The van der Waals surface area contributed by atoms with Gasteiger partial charge in [-0.15, -0.1) is 0 Å². The molecule has 0 unspecified atom stereocenters. The van der Waals surface area contributed by atoms with E-state index in [9.17, 15) is 4.79 Å². The van der Waals surface area contributed by atoms with Gasteiger partial charge in [0.2, 0.25) is 5.91 Å². The Balaban J connectivity index is 1.78. The summed E-state index contributed by atoms with van der Waals surface area (Å²) >= 11 is 0. The minimum Gasteiger partial charge on any atom is -0.384 e. The third-order valence-electron chi connectivity index (χ3n) is 3.76. The predicted molar refractivity (Wildman–Crippen MR) is 73.3 cm³/mol. The minimum absolute atomic E-state index is 0.154. The number of amides is 1. The molecule has 1 heterocycles. The van der Waals surface area contributed by atoms with Crippen LogP contribution in [0.25, 0.3) is 0 Å². The molecular weight excluding hydrogens is 226 g/mol. The van der Waals surface area contributed by atoms with Gasteiger partial charge < -0.3 is 10.6 Å². The molecule has 1 saturated carbocycles. The highest BCUT2D eigenvalue weighted by atomic mass is 16.2. The summed E-state index contributed by atoms with van der Waals surface area (Å²) < 4.78 is 0. The molecule has 1 fully saturated rings. The van der Waals surface area contributed by atoms with E-state index in [0.29, 0.717) is 12.2 Å². The summed E-state index contributed by atoms with van der Waals surface area (Å²) in [5.74, 6) is 1.51. The van der Waals surface area contributed by atoms with Crippen molar-refractivity contribution in [1.82, 2.24) is 4.98 Å². The number of nitrogens with two attached hydrogens (primary N) is 1. The van der Waals surface area contributed by atoms with Gasteiger partial charge in [0.15, 0.2) is 0 Å². The average Bonchev–Trinajstić information content (AvgIpc) is 2.32. The van der Waals surface area contributed by atoms with Gasteiger partial charge in [-0.2, -0.15) is 0 Å². The number of pyridine rings is 1. The van der Waals surface area contributed by atoms with E-state index < -0.39 is 0 Å². The van der Waals surface area contributed by atoms with Gasteiger partial charge in [-0.25, -0.2) is 4.98 Å². The van der Waals surface area contributed by atoms with Crippen molar-refractivity contribution in [3.8, 4) is 0 Å². The van der Waals surface area contributed by atoms with Crippen molar-refractivity contribution >= 4 is 17.4 Å². The zero-order valence-corrected chi connectivity index (χ0v) is 10.9. The highest BCUT2D eigenvalue weighted by molar-refractivity contribution is 5.92. The van der Waals surface area contributed by atoms with Gasteiger partial charge in [0.25, 0.3) is 0 Å². The standard InChI is InChI=1S/C14H21N3O/c1-17(12-8-9-13(15)16-10-12)14(18)7-3-6-11-4-2-5-11/h8-11H,2-7H2,1H3,(H2,15,16). The van der Waals surface area contributed by atoms with Crippen LogP contribution in [0.5, 0.6) is 0 Å². The number of hydrogen-bond donors (Lipinski definition) is 1. The molecule has 0 bridgehead atoms. The molecule has 98 valence electrons. The van der Waals surface area contributed by atoms with Gasteiger partial charge in [-0.3, -0.25) is 4.79 Å². The molecule has 18 heavy (non-hydrogen) atoms. The van der Waals surface area contributed by atoms with Crippen LogP contribution in [-0.2, 0) is 4.79 Å². The van der Waals surface area contributed by atoms with Crippen molar-refractivity contribution in [3.63, 3.8) is 0 Å². The van der Waals surface area contributed by atoms with Crippen LogP contribution in [0.4, 0.5) is 11.5 Å². The molecule has 2 N–H and O–H groups in total. The van der Waals surface area contributed by atoms with E-state index in [-0.39, 0.29) is 5.91 Å². The van der Waals surface area contributed by atoms with Crippen LogP contribution in [0.3, 0.4) is 0 Å². The molecule has 1 aliphatic carbocycles. The number of carbonyl (C=O) groups is 1. The molecule has 0 aliphatic heterocycles. The summed E-state index contributed by atoms with van der Waals surface area (Å²) in [6, 6.07) is 3.54. The second-order valence-corrected chi connectivity index (χ2v) is 5.08. The van der Waals surface area contributed by atoms with Crippen molar-refractivity contribution in [1.29, 1.82) is 0 Å². The van der Waals surface area contributed by atoms with Gasteiger partial charge in [0.1, 0.15) is 5.82 Å². The Labute approximate surface area is 108 Å². The summed E-state index contributed by atoms with van der Waals surface area (Å²) in [5, 5.41) is 0. The summed E-state index contributed by atoms with van der Waals surface area (Å²) in [5.41, 5.74) is 6.33. The number of aromatic nitrogens is 1. The Morgan fingerprint density at radius 1 is 1.50 bits per heavy atom. The molecule has 2 rings (SSSR count). The van der Waals surface area contributed by atoms with Crippen LogP contribution >= 0.6 is 0 Å². The normalized spacial score (nSPS) is 15.2. The lowest BCUT2D eigenvalue weighted by Gasteiger charge is -2.25. The lowest BCUT2D eigenvalue weighted by molar-refractivity contribution is -0.118. The first-order valence-corrected chi connectivity index (χ1v) is 6.65. The first-order chi connectivity index (χ1) is 8.66. The van der Waals surface area contributed by atoms with Crippen molar-refractivity contribution in [2.24, 2.45) is 5.92 Å². The number of hydrogen-bond acceptors (Lipinski definition) is 3. The lowest BCUT2D eigenvalue weighted by Crippen LogP contribution is -2.26. The Morgan fingerprint density at radius 3 is 2.83 bits per heavy atom. The smallest absolute Gasteiger partial charge is 0.226 e. The van der Waals surface area contributed by atoms with Gasteiger partial charge in [0, 0.05) is 13.5 Å². The zero-order valence-electron chi connectivity index (χ0n) is 10.9. The highest BCUT2D eigenvalue weighted by Crippen LogP contribution is 2.30. The van der Waals surface area contributed by atoms with Crippen LogP contribution in [-0.4, -0.2) is 17.9 Å². The highest BCUT2D eigenvalue weighted by Gasteiger charge is 2.18. The molecule has 1 aromatic rings. The molecule has 0 aromatic carbocycles. The van der Waals surface area contributed by atoms with Crippen LogP contribution in [0.1, 0.15) is 38.5 Å². The van der Waals surface area contributed by atoms with E-state index in [1.165, 1.54) is 25.7 Å². The topological polar surface area (TPSA) is 59.2 Å². The predicted octanol–water partition coefficient (Wildman–Crippen LogP) is 2.60. The summed E-state index contributed by atoms with van der Waals surface area (Å²) in [6.45, 7) is 0. The fraction of sp³-hybridized carbons (Fsp3) is 0.571. The largest absolute Gasteiger partial charge is 0.384 e. The SMILES string of the molecule is CN(C(=O)CCCC1CCC1)c1ccc(N)nc1. The van der Waals surface area contributed by atoms with E-state index in [2.05, 4.69) is 4.98 Å². The van der Waals surface area contributed by atoms with Crippen molar-refractivity contribution in [3.05, 3.63) is 18.3 Å². The molecule has 1 aromatic heterocycles. The van der Waals surface area contributed by atoms with Crippen LogP contribution in [0.2, 0.25) is 0 Å². The van der Waals surface area contributed by atoms with Crippen molar-refractivity contribution < 1.29 is 4.79 Å². The monoisotopic (exact) mass is 247 g/mol. The van der Waals surface area contributed by atoms with Gasteiger partial charge in [-0.1, -0.05) is 19.3 Å². The van der Waals surface area contributed by atoms with E-state index in [4.69, 9.17) is 5.73 Å². The first-order valence-electron chi connectivity index (χ1n) is 6.65. The summed E-state index contributed by atoms with van der Waals surface area (Å²) in [4.78, 5) is 17.6. The molecule has 4 heteroatoms. The maximum atomic E-state index is 12.0. The third-order valence-corrected chi connectivity index (χ3v) is 3.76. The number of rotatable bonds is 5. The van der Waals surface area contributed by atoms with E-state index in [1.807, 2.05) is 6.07 Å². The fourth-order valence-electron chi connectivity index (χ4n) is 2.23. The number of carbonyl (C=O) groups excluding carboxylic acids is 1. The maximum Gasteiger partial charge on any atom is 0.226 e. The Morgan fingerprint density at radius 2 is 2.28 bits per heavy atom. The summed E-state index contributed by atoms with van der Waals surface area (Å²) in [6.07, 6.45) is 8.53. The average molecular weight is 247 g/mol. The number of nitrogen functional groups attached to an aromatic ring is 1. The molecule has 1 amide bonds. The summed E-state index contributed by atoms with van der Waals surface area (Å²) in [7, 11) is 1.79.